The van der Waals surface area contributed by atoms with Crippen molar-refractivity contribution in [3.8, 4) is 6.07 Å². The molecule has 62 valence electrons. The van der Waals surface area contributed by atoms with Crippen LogP contribution in [-0.2, 0) is 0 Å². The Morgan fingerprint density at radius 1 is 1.58 bits per heavy atom. The molecule has 0 aliphatic rings. The van der Waals surface area contributed by atoms with Crippen LogP contribution in [0.5, 0.6) is 0 Å². The first kappa shape index (κ1) is 9.21. The molecule has 0 saturated carbocycles. The fourth-order valence-corrected chi connectivity index (χ4v) is 1.67. The molecule has 0 N–H and O–H groups in total. The molecule has 0 radical (unpaired) electrons. The Kier molecular flexibility index (Phi) is 2.83. The van der Waals surface area contributed by atoms with Crippen LogP contribution in [0, 0.1) is 17.1 Å². The Labute approximate surface area is 79.0 Å². The molecule has 1 unspecified atom stereocenters. The lowest BCUT2D eigenvalue weighted by atomic mass is 10.0. The van der Waals surface area contributed by atoms with Crippen LogP contribution < -0.4 is 0 Å². The van der Waals surface area contributed by atoms with E-state index in [4.69, 9.17) is 5.26 Å². The van der Waals surface area contributed by atoms with Gasteiger partial charge in [-0.15, -0.1) is 0 Å². The first-order valence-corrected chi connectivity index (χ1v) is 4.29. The van der Waals surface area contributed by atoms with Gasteiger partial charge in [-0.05, 0) is 19.1 Å². The number of benzene rings is 1. The van der Waals surface area contributed by atoms with Crippen molar-refractivity contribution in [3.05, 3.63) is 34.1 Å². The molecule has 1 atom stereocenters. The molecule has 1 rings (SSSR count). The van der Waals surface area contributed by atoms with Gasteiger partial charge in [0.15, 0.2) is 0 Å². The zero-order valence-corrected chi connectivity index (χ0v) is 8.10. The molecule has 3 heteroatoms. The lowest BCUT2D eigenvalue weighted by molar-refractivity contribution is 0.604. The van der Waals surface area contributed by atoms with Gasteiger partial charge in [0.25, 0.3) is 0 Å². The smallest absolute Gasteiger partial charge is 0.128 e. The van der Waals surface area contributed by atoms with Gasteiger partial charge in [0.05, 0.1) is 12.0 Å². The van der Waals surface area contributed by atoms with E-state index in [9.17, 15) is 4.39 Å². The molecule has 1 aromatic rings. The highest BCUT2D eigenvalue weighted by molar-refractivity contribution is 9.10. The maximum atomic E-state index is 13.1. The number of halogens is 2. The number of hydrogen-bond donors (Lipinski definition) is 0. The van der Waals surface area contributed by atoms with E-state index in [2.05, 4.69) is 15.9 Å². The van der Waals surface area contributed by atoms with Crippen LogP contribution in [0.25, 0.3) is 0 Å². The normalized spacial score (nSPS) is 12.2. The van der Waals surface area contributed by atoms with E-state index >= 15 is 0 Å². The summed E-state index contributed by atoms with van der Waals surface area (Å²) < 4.78 is 13.8. The first-order chi connectivity index (χ1) is 5.66. The summed E-state index contributed by atoms with van der Waals surface area (Å²) in [7, 11) is 0. The quantitative estimate of drug-likeness (QED) is 0.723. The lowest BCUT2D eigenvalue weighted by Crippen LogP contribution is -1.95. The molecule has 0 bridgehead atoms. The van der Waals surface area contributed by atoms with Gasteiger partial charge in [-0.25, -0.2) is 4.39 Å². The topological polar surface area (TPSA) is 23.8 Å². The molecule has 0 fully saturated rings. The maximum Gasteiger partial charge on any atom is 0.128 e. The van der Waals surface area contributed by atoms with E-state index in [1.165, 1.54) is 6.07 Å². The monoisotopic (exact) mass is 227 g/mol. The van der Waals surface area contributed by atoms with Gasteiger partial charge in [0.2, 0.25) is 0 Å². The van der Waals surface area contributed by atoms with Gasteiger partial charge in [0.1, 0.15) is 5.82 Å². The largest absolute Gasteiger partial charge is 0.207 e. The van der Waals surface area contributed by atoms with E-state index in [1.54, 1.807) is 19.1 Å². The summed E-state index contributed by atoms with van der Waals surface area (Å²) in [4.78, 5) is 0. The molecular formula is C9H7BrFN. The highest BCUT2D eigenvalue weighted by atomic mass is 79.9. The summed E-state index contributed by atoms with van der Waals surface area (Å²) in [5.41, 5.74) is 0.431. The Morgan fingerprint density at radius 3 is 2.75 bits per heavy atom. The summed E-state index contributed by atoms with van der Waals surface area (Å²) in [5.74, 6) is -0.751. The van der Waals surface area contributed by atoms with Crippen LogP contribution in [0.2, 0.25) is 0 Å². The van der Waals surface area contributed by atoms with Crippen molar-refractivity contribution in [1.82, 2.24) is 0 Å². The van der Waals surface area contributed by atoms with Crippen molar-refractivity contribution in [2.24, 2.45) is 0 Å². The average Bonchev–Trinajstić information content (AvgIpc) is 2.03. The zero-order valence-electron chi connectivity index (χ0n) is 6.51. The summed E-state index contributed by atoms with van der Waals surface area (Å²) >= 11 is 3.20. The third-order valence-corrected chi connectivity index (χ3v) is 2.32. The Bertz CT molecular complexity index is 310. The molecule has 1 aromatic carbocycles. The van der Waals surface area contributed by atoms with Crippen molar-refractivity contribution < 1.29 is 4.39 Å². The van der Waals surface area contributed by atoms with Crippen LogP contribution in [0.15, 0.2) is 22.7 Å². The van der Waals surface area contributed by atoms with Crippen LogP contribution in [-0.4, -0.2) is 0 Å². The molecule has 0 saturated heterocycles. The first-order valence-electron chi connectivity index (χ1n) is 3.50. The van der Waals surface area contributed by atoms with E-state index < -0.39 is 5.92 Å². The second kappa shape index (κ2) is 3.68. The molecule has 0 heterocycles. The number of nitrogens with zero attached hydrogens (tertiary/aromatic N) is 1. The van der Waals surface area contributed by atoms with Crippen LogP contribution in [0.3, 0.4) is 0 Å². The standard InChI is InChI=1S/C9H7BrFN/c1-6(5-12)9-7(10)3-2-4-8(9)11/h2-4,6H,1H3. The number of rotatable bonds is 1. The van der Waals surface area contributed by atoms with E-state index in [1.807, 2.05) is 6.07 Å². The van der Waals surface area contributed by atoms with Gasteiger partial charge in [-0.3, -0.25) is 0 Å². The highest BCUT2D eigenvalue weighted by Crippen LogP contribution is 2.26. The molecular weight excluding hydrogens is 221 g/mol. The van der Waals surface area contributed by atoms with Crippen molar-refractivity contribution in [1.29, 1.82) is 5.26 Å². The molecule has 0 aliphatic carbocycles. The number of hydrogen-bond acceptors (Lipinski definition) is 1. The predicted molar refractivity (Wildman–Crippen MR) is 48.1 cm³/mol. The molecule has 0 aliphatic heterocycles. The van der Waals surface area contributed by atoms with Crippen molar-refractivity contribution in [3.63, 3.8) is 0 Å². The van der Waals surface area contributed by atoms with Crippen molar-refractivity contribution in [2.75, 3.05) is 0 Å². The van der Waals surface area contributed by atoms with Gasteiger partial charge in [-0.1, -0.05) is 22.0 Å². The summed E-state index contributed by atoms with van der Waals surface area (Å²) in [6.07, 6.45) is 0. The van der Waals surface area contributed by atoms with Gasteiger partial charge < -0.3 is 0 Å². The van der Waals surface area contributed by atoms with Gasteiger partial charge in [-0.2, -0.15) is 5.26 Å². The van der Waals surface area contributed by atoms with Crippen LogP contribution >= 0.6 is 15.9 Å². The van der Waals surface area contributed by atoms with E-state index in [0.29, 0.717) is 10.0 Å². The Balaban J connectivity index is 3.23. The number of nitriles is 1. The summed E-state index contributed by atoms with van der Waals surface area (Å²) in [6, 6.07) is 6.68. The Hall–Kier alpha value is -0.880. The second-order valence-electron chi connectivity index (χ2n) is 2.49. The predicted octanol–water partition coefficient (Wildman–Crippen LogP) is 3.22. The molecule has 0 spiro atoms. The third kappa shape index (κ3) is 1.64. The van der Waals surface area contributed by atoms with Crippen LogP contribution in [0.1, 0.15) is 18.4 Å². The minimum Gasteiger partial charge on any atom is -0.207 e. The lowest BCUT2D eigenvalue weighted by Gasteiger charge is -2.06. The molecule has 0 aromatic heterocycles. The van der Waals surface area contributed by atoms with Crippen molar-refractivity contribution >= 4 is 15.9 Å². The second-order valence-corrected chi connectivity index (χ2v) is 3.34. The fourth-order valence-electron chi connectivity index (χ4n) is 0.989. The van der Waals surface area contributed by atoms with E-state index in [-0.39, 0.29) is 5.82 Å². The SMILES string of the molecule is CC(C#N)c1c(F)cccc1Br. The third-order valence-electron chi connectivity index (χ3n) is 1.63. The maximum absolute atomic E-state index is 13.1. The Morgan fingerprint density at radius 2 is 2.25 bits per heavy atom. The summed E-state index contributed by atoms with van der Waals surface area (Å²) in [6.45, 7) is 1.67. The minimum atomic E-state index is -0.416. The average molecular weight is 228 g/mol. The zero-order chi connectivity index (χ0) is 9.14. The highest BCUT2D eigenvalue weighted by Gasteiger charge is 2.12. The molecule has 12 heavy (non-hydrogen) atoms. The van der Waals surface area contributed by atoms with Gasteiger partial charge in [0, 0.05) is 10.0 Å². The van der Waals surface area contributed by atoms with E-state index in [0.717, 1.165) is 0 Å². The fraction of sp³-hybridized carbons (Fsp3) is 0.222. The minimum absolute atomic E-state index is 0.335. The molecule has 0 amide bonds. The van der Waals surface area contributed by atoms with Gasteiger partial charge >= 0.3 is 0 Å². The van der Waals surface area contributed by atoms with Crippen LogP contribution in [0.4, 0.5) is 4.39 Å². The molecule has 1 nitrogen and oxygen atoms in total. The van der Waals surface area contributed by atoms with Crippen molar-refractivity contribution in [2.45, 2.75) is 12.8 Å². The summed E-state index contributed by atoms with van der Waals surface area (Å²) in [5, 5.41) is 8.60.